The van der Waals surface area contributed by atoms with Crippen LogP contribution in [0.3, 0.4) is 0 Å². The Kier molecular flexibility index (Phi) is 2.87. The zero-order chi connectivity index (χ0) is 17.2. The standard InChI is InChI=1S/C18H17NO5/c1-18(2)12-10-11(16(20)22-3)15(19)23-13(10)8-6-4-5-7-9(8)14(12)24-17(18)21/h4-7,17,21H,19H2,1-3H3/t17-/m0/s1. The van der Waals surface area contributed by atoms with Gasteiger partial charge in [0.05, 0.1) is 12.5 Å². The molecule has 0 unspecified atom stereocenters. The van der Waals surface area contributed by atoms with Crippen LogP contribution in [0.4, 0.5) is 5.88 Å². The average molecular weight is 327 g/mol. The first-order chi connectivity index (χ1) is 11.4. The summed E-state index contributed by atoms with van der Waals surface area (Å²) in [6, 6.07) is 7.49. The minimum absolute atomic E-state index is 0.00686. The minimum Gasteiger partial charge on any atom is -0.465 e. The Morgan fingerprint density at radius 1 is 1.29 bits per heavy atom. The fourth-order valence-corrected chi connectivity index (χ4v) is 3.43. The molecule has 6 nitrogen and oxygen atoms in total. The molecule has 0 bridgehead atoms. The highest BCUT2D eigenvalue weighted by Crippen LogP contribution is 2.52. The van der Waals surface area contributed by atoms with Gasteiger partial charge in [0.1, 0.15) is 16.9 Å². The summed E-state index contributed by atoms with van der Waals surface area (Å²) in [5.41, 5.74) is 6.59. The molecule has 0 spiro atoms. The summed E-state index contributed by atoms with van der Waals surface area (Å²) >= 11 is 0. The molecule has 0 fully saturated rings. The van der Waals surface area contributed by atoms with Crippen LogP contribution in [0.2, 0.25) is 0 Å². The fourth-order valence-electron chi connectivity index (χ4n) is 3.43. The van der Waals surface area contributed by atoms with E-state index in [1.54, 1.807) is 0 Å². The number of hydrogen-bond acceptors (Lipinski definition) is 6. The third-order valence-corrected chi connectivity index (χ3v) is 4.71. The largest absolute Gasteiger partial charge is 0.465 e. The summed E-state index contributed by atoms with van der Waals surface area (Å²) in [4.78, 5) is 12.3. The molecule has 0 radical (unpaired) electrons. The number of fused-ring (bicyclic) bond motifs is 6. The van der Waals surface area contributed by atoms with Gasteiger partial charge in [0.25, 0.3) is 0 Å². The van der Waals surface area contributed by atoms with Crippen molar-refractivity contribution in [3.05, 3.63) is 35.4 Å². The second-order valence-corrected chi connectivity index (χ2v) is 6.48. The van der Waals surface area contributed by atoms with Gasteiger partial charge >= 0.3 is 5.97 Å². The average Bonchev–Trinajstić information content (AvgIpc) is 3.01. The lowest BCUT2D eigenvalue weighted by atomic mass is 9.81. The highest BCUT2D eigenvalue weighted by Gasteiger charge is 2.45. The summed E-state index contributed by atoms with van der Waals surface area (Å²) in [6.07, 6.45) is -1.04. The van der Waals surface area contributed by atoms with Crippen molar-refractivity contribution in [2.75, 3.05) is 12.8 Å². The molecule has 3 aromatic rings. The second kappa shape index (κ2) is 4.64. The van der Waals surface area contributed by atoms with E-state index in [0.717, 1.165) is 10.8 Å². The number of carbonyl (C=O) groups is 1. The summed E-state index contributed by atoms with van der Waals surface area (Å²) in [6.45, 7) is 3.70. The smallest absolute Gasteiger partial charge is 0.344 e. The van der Waals surface area contributed by atoms with Gasteiger partial charge in [-0.2, -0.15) is 0 Å². The Hall–Kier alpha value is -2.73. The van der Waals surface area contributed by atoms with E-state index in [9.17, 15) is 9.90 Å². The molecule has 0 aliphatic carbocycles. The zero-order valence-corrected chi connectivity index (χ0v) is 13.5. The Bertz CT molecular complexity index is 1000. The van der Waals surface area contributed by atoms with Crippen LogP contribution >= 0.6 is 0 Å². The number of hydrogen-bond donors (Lipinski definition) is 2. The third-order valence-electron chi connectivity index (χ3n) is 4.71. The van der Waals surface area contributed by atoms with E-state index in [1.165, 1.54) is 7.11 Å². The van der Waals surface area contributed by atoms with Gasteiger partial charge in [-0.25, -0.2) is 4.79 Å². The SMILES string of the molecule is COC(=O)c1c(N)oc2c1c1c(c3ccccc32)O[C@H](O)C1(C)C. The predicted molar refractivity (Wildman–Crippen MR) is 89.1 cm³/mol. The van der Waals surface area contributed by atoms with Gasteiger partial charge in [0, 0.05) is 21.7 Å². The molecule has 4 rings (SSSR count). The maximum Gasteiger partial charge on any atom is 0.344 e. The Morgan fingerprint density at radius 3 is 2.62 bits per heavy atom. The van der Waals surface area contributed by atoms with Crippen molar-refractivity contribution in [1.29, 1.82) is 0 Å². The molecule has 1 aliphatic heterocycles. The molecule has 6 heteroatoms. The maximum atomic E-state index is 12.3. The normalized spacial score (nSPS) is 18.6. The lowest BCUT2D eigenvalue weighted by molar-refractivity contribution is -0.0442. The first-order valence-corrected chi connectivity index (χ1v) is 7.58. The number of rotatable bonds is 1. The number of aliphatic hydroxyl groups is 1. The van der Waals surface area contributed by atoms with E-state index >= 15 is 0 Å². The lowest BCUT2D eigenvalue weighted by Gasteiger charge is -2.21. The fraction of sp³-hybridized carbons (Fsp3) is 0.278. The molecular formula is C18H17NO5. The maximum absolute atomic E-state index is 12.3. The first-order valence-electron chi connectivity index (χ1n) is 7.58. The van der Waals surface area contributed by atoms with Crippen molar-refractivity contribution in [1.82, 2.24) is 0 Å². The molecule has 0 amide bonds. The van der Waals surface area contributed by atoms with Crippen LogP contribution in [0.1, 0.15) is 29.8 Å². The Labute approximate surface area is 137 Å². The highest BCUT2D eigenvalue weighted by molar-refractivity contribution is 6.18. The van der Waals surface area contributed by atoms with Gasteiger partial charge in [-0.15, -0.1) is 0 Å². The summed E-state index contributed by atoms with van der Waals surface area (Å²) < 4.78 is 16.3. The van der Waals surface area contributed by atoms with Gasteiger partial charge in [-0.05, 0) is 13.8 Å². The minimum atomic E-state index is -1.04. The van der Waals surface area contributed by atoms with Crippen LogP contribution in [0.15, 0.2) is 28.7 Å². The van der Waals surface area contributed by atoms with Crippen LogP contribution in [-0.4, -0.2) is 24.5 Å². The Morgan fingerprint density at radius 2 is 1.96 bits per heavy atom. The van der Waals surface area contributed by atoms with Gasteiger partial charge in [-0.1, -0.05) is 24.3 Å². The van der Waals surface area contributed by atoms with E-state index in [-0.39, 0.29) is 11.4 Å². The van der Waals surface area contributed by atoms with Gasteiger partial charge in [0.2, 0.25) is 12.2 Å². The molecule has 124 valence electrons. The predicted octanol–water partition coefficient (Wildman–Crippen LogP) is 2.94. The number of ether oxygens (including phenoxy) is 2. The van der Waals surface area contributed by atoms with Gasteiger partial charge in [-0.3, -0.25) is 0 Å². The molecule has 1 aliphatic rings. The Balaban J connectivity index is 2.29. The molecule has 2 heterocycles. The number of furan rings is 1. The molecule has 0 saturated heterocycles. The number of aliphatic hydroxyl groups excluding tert-OH is 1. The van der Waals surface area contributed by atoms with Crippen molar-refractivity contribution >= 4 is 33.6 Å². The summed E-state index contributed by atoms with van der Waals surface area (Å²) in [5.74, 6) is -0.0462. The van der Waals surface area contributed by atoms with Crippen LogP contribution in [-0.2, 0) is 10.2 Å². The lowest BCUT2D eigenvalue weighted by Crippen LogP contribution is -2.31. The molecule has 0 saturated carbocycles. The first kappa shape index (κ1) is 14.8. The monoisotopic (exact) mass is 327 g/mol. The van der Waals surface area contributed by atoms with E-state index in [1.807, 2.05) is 38.1 Å². The van der Waals surface area contributed by atoms with Gasteiger partial charge < -0.3 is 24.7 Å². The number of carbonyl (C=O) groups excluding carboxylic acids is 1. The van der Waals surface area contributed by atoms with Crippen molar-refractivity contribution in [3.63, 3.8) is 0 Å². The molecule has 1 atom stereocenters. The van der Waals surface area contributed by atoms with Crippen molar-refractivity contribution in [2.45, 2.75) is 25.6 Å². The van der Waals surface area contributed by atoms with E-state index in [4.69, 9.17) is 19.6 Å². The number of nitrogens with two attached hydrogens (primary N) is 1. The van der Waals surface area contributed by atoms with Crippen molar-refractivity contribution < 1.29 is 23.8 Å². The van der Waals surface area contributed by atoms with E-state index in [0.29, 0.717) is 22.3 Å². The molecule has 3 N–H and O–H groups in total. The third kappa shape index (κ3) is 1.66. The summed E-state index contributed by atoms with van der Waals surface area (Å²) in [7, 11) is 1.29. The van der Waals surface area contributed by atoms with E-state index in [2.05, 4.69) is 0 Å². The van der Waals surface area contributed by atoms with Crippen LogP contribution < -0.4 is 10.5 Å². The quantitative estimate of drug-likeness (QED) is 0.667. The number of esters is 1. The molecule has 1 aromatic heterocycles. The molecule has 24 heavy (non-hydrogen) atoms. The van der Waals surface area contributed by atoms with Crippen molar-refractivity contribution in [3.8, 4) is 5.75 Å². The topological polar surface area (TPSA) is 94.9 Å². The van der Waals surface area contributed by atoms with Crippen LogP contribution in [0, 0.1) is 0 Å². The van der Waals surface area contributed by atoms with Crippen LogP contribution in [0.25, 0.3) is 21.7 Å². The van der Waals surface area contributed by atoms with Crippen LogP contribution in [0.5, 0.6) is 5.75 Å². The number of nitrogen functional groups attached to an aromatic ring is 1. The molecule has 2 aromatic carbocycles. The number of anilines is 1. The number of benzene rings is 2. The molecular weight excluding hydrogens is 310 g/mol. The van der Waals surface area contributed by atoms with Crippen molar-refractivity contribution in [2.24, 2.45) is 0 Å². The number of methoxy groups -OCH3 is 1. The van der Waals surface area contributed by atoms with E-state index < -0.39 is 17.7 Å². The summed E-state index contributed by atoms with van der Waals surface area (Å²) in [5, 5.41) is 12.5. The highest BCUT2D eigenvalue weighted by atomic mass is 16.6. The van der Waals surface area contributed by atoms with Gasteiger partial charge in [0.15, 0.2) is 0 Å². The second-order valence-electron chi connectivity index (χ2n) is 6.48. The zero-order valence-electron chi connectivity index (χ0n) is 13.5.